The Morgan fingerprint density at radius 2 is 1.88 bits per heavy atom. The first-order valence-corrected chi connectivity index (χ1v) is 15.9. The molecule has 0 saturated carbocycles. The topological polar surface area (TPSA) is 115 Å². The molecule has 1 aliphatic rings. The summed E-state index contributed by atoms with van der Waals surface area (Å²) in [6.45, 7) is 0.585. The van der Waals surface area contributed by atoms with Crippen LogP contribution in [0, 0.1) is 11.7 Å². The molecule has 5 aromatic rings. The third kappa shape index (κ3) is 6.53. The van der Waals surface area contributed by atoms with Crippen LogP contribution in [0.2, 0.25) is 0 Å². The third-order valence-electron chi connectivity index (χ3n) is 7.22. The van der Waals surface area contributed by atoms with E-state index in [1.165, 1.54) is 35.6 Å². The van der Waals surface area contributed by atoms with Crippen molar-refractivity contribution in [2.75, 3.05) is 6.61 Å². The van der Waals surface area contributed by atoms with Crippen LogP contribution in [0.1, 0.15) is 39.0 Å². The highest BCUT2D eigenvalue weighted by molar-refractivity contribution is 7.90. The molecule has 8 nitrogen and oxygen atoms in total. The molecule has 4 aromatic carbocycles. The van der Waals surface area contributed by atoms with Gasteiger partial charge in [-0.25, -0.2) is 22.5 Å². The minimum atomic E-state index is -4.02. The zero-order valence-corrected chi connectivity index (χ0v) is 24.4. The van der Waals surface area contributed by atoms with E-state index in [-0.39, 0.29) is 28.8 Å². The summed E-state index contributed by atoms with van der Waals surface area (Å²) < 4.78 is 53.6. The molecule has 43 heavy (non-hydrogen) atoms. The molecule has 2 atom stereocenters. The van der Waals surface area contributed by atoms with Gasteiger partial charge in [-0.1, -0.05) is 30.3 Å². The van der Waals surface area contributed by atoms with Crippen LogP contribution in [-0.4, -0.2) is 31.0 Å². The van der Waals surface area contributed by atoms with Gasteiger partial charge in [0.1, 0.15) is 28.9 Å². The highest BCUT2D eigenvalue weighted by Crippen LogP contribution is 2.39. The Hall–Kier alpha value is -4.32. The standard InChI is InChI=1S/C32H27FN2O6S2/c33-23-9-12-29-27(17-23)34-30(42-29)19-41-24-10-11-28-26(18-24)31(36)21(13-14-40-28)15-20-5-4-6-22(16-20)32(37)35-43(38,39)25-7-2-1-3-8-25/h1-12,16-18,21,31,36H,13-15,19H2,(H,35,37)/t21-,31+/m1/s1. The van der Waals surface area contributed by atoms with Gasteiger partial charge in [-0.2, -0.15) is 0 Å². The lowest BCUT2D eigenvalue weighted by molar-refractivity contribution is 0.0981. The Kier molecular flexibility index (Phi) is 8.11. The number of thiazole rings is 1. The second-order valence-electron chi connectivity index (χ2n) is 10.2. The summed E-state index contributed by atoms with van der Waals surface area (Å²) in [7, 11) is -4.02. The summed E-state index contributed by atoms with van der Waals surface area (Å²) in [6.07, 6.45) is 0.124. The van der Waals surface area contributed by atoms with E-state index in [0.717, 1.165) is 10.3 Å². The molecule has 1 amide bonds. The fourth-order valence-corrected chi connectivity index (χ4v) is 6.92. The molecule has 11 heteroatoms. The highest BCUT2D eigenvalue weighted by atomic mass is 32.2. The van der Waals surface area contributed by atoms with Crippen LogP contribution in [0.3, 0.4) is 0 Å². The van der Waals surface area contributed by atoms with Crippen molar-refractivity contribution in [2.45, 2.75) is 30.4 Å². The van der Waals surface area contributed by atoms with E-state index in [4.69, 9.17) is 9.47 Å². The molecule has 0 unspecified atom stereocenters. The maximum Gasteiger partial charge on any atom is 0.265 e. The van der Waals surface area contributed by atoms with Gasteiger partial charge in [-0.15, -0.1) is 11.3 Å². The van der Waals surface area contributed by atoms with Gasteiger partial charge in [0, 0.05) is 17.2 Å². The van der Waals surface area contributed by atoms with Gasteiger partial charge in [0.15, 0.2) is 0 Å². The predicted molar refractivity (Wildman–Crippen MR) is 160 cm³/mol. The van der Waals surface area contributed by atoms with Crippen molar-refractivity contribution in [3.63, 3.8) is 0 Å². The number of hydrogen-bond donors (Lipinski definition) is 2. The van der Waals surface area contributed by atoms with Gasteiger partial charge in [-0.3, -0.25) is 4.79 Å². The summed E-state index contributed by atoms with van der Waals surface area (Å²) in [4.78, 5) is 17.3. The first-order valence-electron chi connectivity index (χ1n) is 13.6. The van der Waals surface area contributed by atoms with Crippen molar-refractivity contribution in [1.29, 1.82) is 0 Å². The lowest BCUT2D eigenvalue weighted by atomic mass is 9.87. The molecule has 220 valence electrons. The monoisotopic (exact) mass is 618 g/mol. The fourth-order valence-electron chi connectivity index (χ4n) is 5.06. The number of halogens is 1. The van der Waals surface area contributed by atoms with E-state index in [1.807, 2.05) is 6.07 Å². The van der Waals surface area contributed by atoms with E-state index in [2.05, 4.69) is 9.71 Å². The number of carbonyl (C=O) groups is 1. The maximum absolute atomic E-state index is 13.5. The number of aliphatic hydroxyl groups excluding tert-OH is 1. The SMILES string of the molecule is O=C(NS(=O)(=O)c1ccccc1)c1cccc(C[C@H]2CCOc3ccc(OCc4nc5cc(F)ccc5s4)cc3[C@H]2O)c1. The molecule has 0 aliphatic carbocycles. The minimum Gasteiger partial charge on any atom is -0.493 e. The zero-order chi connectivity index (χ0) is 30.0. The second kappa shape index (κ2) is 12.1. The molecule has 2 heterocycles. The van der Waals surface area contributed by atoms with Crippen molar-refractivity contribution >= 4 is 37.5 Å². The molecule has 0 bridgehead atoms. The van der Waals surface area contributed by atoms with E-state index < -0.39 is 22.0 Å². The molecule has 0 radical (unpaired) electrons. The number of hydrogen-bond acceptors (Lipinski definition) is 8. The van der Waals surface area contributed by atoms with Gasteiger partial charge < -0.3 is 14.6 Å². The number of rotatable bonds is 8. The average molecular weight is 619 g/mol. The van der Waals surface area contributed by atoms with Gasteiger partial charge in [0.25, 0.3) is 15.9 Å². The van der Waals surface area contributed by atoms with E-state index >= 15 is 0 Å². The van der Waals surface area contributed by atoms with Gasteiger partial charge in [0.2, 0.25) is 0 Å². The number of nitrogens with one attached hydrogen (secondary N) is 1. The molecule has 0 spiro atoms. The van der Waals surface area contributed by atoms with E-state index in [0.29, 0.717) is 47.0 Å². The number of aromatic nitrogens is 1. The summed E-state index contributed by atoms with van der Waals surface area (Å²) in [5.41, 5.74) is 2.15. The smallest absolute Gasteiger partial charge is 0.265 e. The van der Waals surface area contributed by atoms with Crippen LogP contribution in [0.5, 0.6) is 11.5 Å². The Morgan fingerprint density at radius 1 is 1.05 bits per heavy atom. The number of ether oxygens (including phenoxy) is 2. The first-order chi connectivity index (χ1) is 20.7. The third-order valence-corrected chi connectivity index (χ3v) is 9.57. The summed E-state index contributed by atoms with van der Waals surface area (Å²) >= 11 is 1.43. The Morgan fingerprint density at radius 3 is 2.72 bits per heavy atom. The van der Waals surface area contributed by atoms with Gasteiger partial charge in [-0.05, 0) is 78.9 Å². The van der Waals surface area contributed by atoms with Crippen molar-refractivity contribution < 1.29 is 32.2 Å². The highest BCUT2D eigenvalue weighted by Gasteiger charge is 2.28. The second-order valence-corrected chi connectivity index (χ2v) is 13.0. The van der Waals surface area contributed by atoms with E-state index in [9.17, 15) is 22.7 Å². The molecule has 6 rings (SSSR count). The van der Waals surface area contributed by atoms with Crippen molar-refractivity contribution in [3.8, 4) is 11.5 Å². The average Bonchev–Trinajstić information content (AvgIpc) is 3.35. The Labute approximate surface area is 251 Å². The molecule has 0 saturated heterocycles. The Balaban J connectivity index is 1.14. The summed E-state index contributed by atoms with van der Waals surface area (Å²) in [5, 5.41) is 12.1. The van der Waals surface area contributed by atoms with Crippen LogP contribution in [0.4, 0.5) is 4.39 Å². The van der Waals surface area contributed by atoms with Crippen LogP contribution >= 0.6 is 11.3 Å². The molecular weight excluding hydrogens is 591 g/mol. The minimum absolute atomic E-state index is 0.00133. The van der Waals surface area contributed by atoms with Gasteiger partial charge in [0.05, 0.1) is 27.8 Å². The normalized spacial score (nSPS) is 16.6. The first kappa shape index (κ1) is 28.8. The quantitative estimate of drug-likeness (QED) is 0.226. The summed E-state index contributed by atoms with van der Waals surface area (Å²) in [5.74, 6) is -0.212. The van der Waals surface area contributed by atoms with Crippen molar-refractivity contribution in [1.82, 2.24) is 9.71 Å². The van der Waals surface area contributed by atoms with E-state index in [1.54, 1.807) is 60.7 Å². The summed E-state index contributed by atoms with van der Waals surface area (Å²) in [6, 6.07) is 24.2. The van der Waals surface area contributed by atoms with Crippen molar-refractivity contribution in [2.24, 2.45) is 5.92 Å². The van der Waals surface area contributed by atoms with Crippen LogP contribution < -0.4 is 14.2 Å². The molecular formula is C32H27FN2O6S2. The number of carbonyl (C=O) groups excluding carboxylic acids is 1. The number of fused-ring (bicyclic) bond motifs is 2. The van der Waals surface area contributed by atoms with Crippen molar-refractivity contribution in [3.05, 3.63) is 119 Å². The Bertz CT molecular complexity index is 1900. The van der Waals surface area contributed by atoms with Crippen LogP contribution in [0.15, 0.2) is 95.9 Å². The number of aliphatic hydroxyl groups is 1. The fraction of sp³-hybridized carbons (Fsp3) is 0.188. The molecule has 0 fully saturated rings. The number of benzene rings is 4. The molecule has 1 aliphatic heterocycles. The predicted octanol–water partition coefficient (Wildman–Crippen LogP) is 5.81. The van der Waals surface area contributed by atoms with Gasteiger partial charge >= 0.3 is 0 Å². The zero-order valence-electron chi connectivity index (χ0n) is 22.8. The lowest BCUT2D eigenvalue weighted by Crippen LogP contribution is -2.30. The maximum atomic E-state index is 13.5. The molecule has 2 N–H and O–H groups in total. The number of sulfonamides is 1. The lowest BCUT2D eigenvalue weighted by Gasteiger charge is -2.21. The van der Waals surface area contributed by atoms with Crippen LogP contribution in [0.25, 0.3) is 10.2 Å². The number of nitrogens with zero attached hydrogens (tertiary/aromatic N) is 1. The van der Waals surface area contributed by atoms with Crippen LogP contribution in [-0.2, 0) is 23.1 Å². The molecule has 1 aromatic heterocycles. The number of amides is 1. The largest absolute Gasteiger partial charge is 0.493 e.